The van der Waals surface area contributed by atoms with Crippen molar-refractivity contribution in [3.63, 3.8) is 0 Å². The summed E-state index contributed by atoms with van der Waals surface area (Å²) < 4.78 is 52.5. The van der Waals surface area contributed by atoms with E-state index in [1.165, 1.54) is 160 Å². The number of aryl methyl sites for hydroxylation is 3. The number of allylic oxidation sites excluding steroid dienone is 1. The quantitative estimate of drug-likeness (QED) is 0.0577. The Morgan fingerprint density at radius 1 is 0.241 bits per heavy atom. The largest absolute Gasteiger partial charge is 0.494 e. The Morgan fingerprint density at radius 3 is 0.738 bits per heavy atom. The first-order valence-corrected chi connectivity index (χ1v) is 53.1. The molecule has 784 valence electrons. The highest BCUT2D eigenvalue weighted by atomic mass is 16.5. The van der Waals surface area contributed by atoms with Crippen LogP contribution in [0.3, 0.4) is 0 Å². The number of ether oxygens (including phenoxy) is 9. The van der Waals surface area contributed by atoms with Crippen LogP contribution in [0.1, 0.15) is 385 Å². The van der Waals surface area contributed by atoms with Crippen LogP contribution in [-0.4, -0.2) is 100 Å². The standard InChI is InChI=1S/C17H27NO.C17H26O.C15H23NO.C15H22O.C14H23NO.3C13H20O.C12H18O/c1-17(2,3)15-11-10-13(18(4)5)12-16(15)19-14-8-6-7-9-14;1-6-8-9-10-14-11-12-15(17(3,4)5)16(13-14)18-7-2;1-15(2,3)13-9-6-11(16(4)5)10-14(13)17-12-7-8-12;1-15(2,3)13-10-6-7-11-14(13)16-12-8-4-5-9-12;1-7-16-13-10-11(15(5)6)8-9-12(13)14(2,3)4;3*1-6-14-12-9-10(2)7-8-11(12)13(3,4)5;1-5-13-11-9-7-6-8-10(11)12(2,3)4/h10-12,14H,6-9H2,1-5H3;9-13H,6-8H2,1-5H3;6,9-10,12H,7-8H2,1-5H3;6-7,10-12H,4-5,8-9H2,1-3H3;8-10H,7H2,1-6H3;3*7-9H,6H2,1-5H3;6-9H,5H2,1-4H3/b;10-9+;;;;;;;. The fourth-order valence-electron chi connectivity index (χ4n) is 16.5. The molecule has 0 saturated heterocycles. The first-order chi connectivity index (χ1) is 65.6. The van der Waals surface area contributed by atoms with Crippen LogP contribution in [0.25, 0.3) is 6.08 Å². The summed E-state index contributed by atoms with van der Waals surface area (Å²) >= 11 is 0. The van der Waals surface area contributed by atoms with Crippen molar-refractivity contribution in [2.75, 3.05) is 96.6 Å². The lowest BCUT2D eigenvalue weighted by molar-refractivity contribution is 0.205. The van der Waals surface area contributed by atoms with Gasteiger partial charge in [-0.25, -0.2) is 0 Å². The van der Waals surface area contributed by atoms with Crippen molar-refractivity contribution in [2.45, 2.75) is 400 Å². The molecule has 0 aromatic heterocycles. The Bertz CT molecular complexity index is 4980. The number of nitrogens with zero attached hydrogens (tertiary/aromatic N) is 3. The van der Waals surface area contributed by atoms with Gasteiger partial charge in [-0.15, -0.1) is 0 Å². The van der Waals surface area contributed by atoms with E-state index in [1.54, 1.807) is 0 Å². The molecule has 0 atom stereocenters. The van der Waals surface area contributed by atoms with E-state index in [0.29, 0.717) is 31.5 Å². The van der Waals surface area contributed by atoms with Gasteiger partial charge in [0.1, 0.15) is 51.7 Å². The summed E-state index contributed by atoms with van der Waals surface area (Å²) in [7, 11) is 12.4. The zero-order valence-corrected chi connectivity index (χ0v) is 97.4. The molecule has 0 heterocycles. The zero-order chi connectivity index (χ0) is 106. The number of benzene rings is 9. The first kappa shape index (κ1) is 124. The Kier molecular flexibility index (Phi) is 50.1. The summed E-state index contributed by atoms with van der Waals surface area (Å²) in [6.07, 6.45) is 20.6. The molecule has 12 rings (SSSR count). The van der Waals surface area contributed by atoms with Crippen molar-refractivity contribution in [3.8, 4) is 51.7 Å². The van der Waals surface area contributed by atoms with Gasteiger partial charge in [-0.1, -0.05) is 316 Å². The van der Waals surface area contributed by atoms with Crippen molar-refractivity contribution < 1.29 is 42.6 Å². The third-order valence-corrected chi connectivity index (χ3v) is 24.5. The van der Waals surface area contributed by atoms with E-state index < -0.39 is 0 Å². The van der Waals surface area contributed by atoms with Gasteiger partial charge >= 0.3 is 0 Å². The molecule has 3 fully saturated rings. The molecule has 0 amide bonds. The van der Waals surface area contributed by atoms with Gasteiger partial charge in [-0.05, 0) is 309 Å². The van der Waals surface area contributed by atoms with E-state index in [2.05, 4.69) is 433 Å². The molecule has 9 aromatic carbocycles. The minimum absolute atomic E-state index is 0.120. The Morgan fingerprint density at radius 2 is 0.461 bits per heavy atom. The molecule has 0 bridgehead atoms. The van der Waals surface area contributed by atoms with Crippen LogP contribution in [0.15, 0.2) is 182 Å². The van der Waals surface area contributed by atoms with Crippen LogP contribution < -0.4 is 57.3 Å². The number of rotatable bonds is 24. The number of para-hydroxylation sites is 2. The molecule has 12 heteroatoms. The number of unbranched alkanes of at least 4 members (excludes halogenated alkanes) is 1. The van der Waals surface area contributed by atoms with Gasteiger partial charge in [0.25, 0.3) is 0 Å². The minimum Gasteiger partial charge on any atom is -0.494 e. The van der Waals surface area contributed by atoms with Crippen molar-refractivity contribution in [3.05, 3.63) is 254 Å². The predicted molar refractivity (Wildman–Crippen MR) is 614 cm³/mol. The molecule has 0 N–H and O–H groups in total. The van der Waals surface area contributed by atoms with Crippen LogP contribution in [-0.2, 0) is 48.7 Å². The average Bonchev–Trinajstić information content (AvgIpc) is 1.75. The van der Waals surface area contributed by atoms with Crippen molar-refractivity contribution in [2.24, 2.45) is 0 Å². The van der Waals surface area contributed by atoms with Crippen LogP contribution in [0.4, 0.5) is 17.1 Å². The van der Waals surface area contributed by atoms with E-state index in [0.717, 1.165) is 84.6 Å². The molecule has 0 unspecified atom stereocenters. The minimum atomic E-state index is 0.120. The predicted octanol–water partition coefficient (Wildman–Crippen LogP) is 35.4. The Labute approximate surface area is 863 Å². The van der Waals surface area contributed by atoms with Crippen molar-refractivity contribution in [1.82, 2.24) is 0 Å². The van der Waals surface area contributed by atoms with Crippen LogP contribution in [0, 0.1) is 20.8 Å². The van der Waals surface area contributed by atoms with Gasteiger partial charge in [0, 0.05) is 77.5 Å². The van der Waals surface area contributed by atoms with E-state index in [-0.39, 0.29) is 48.7 Å². The van der Waals surface area contributed by atoms with Gasteiger partial charge in [0.05, 0.1) is 58.0 Å². The Hall–Kier alpha value is -9.68. The normalized spacial score (nSPS) is 13.5. The lowest BCUT2D eigenvalue weighted by atomic mass is 9.85. The van der Waals surface area contributed by atoms with E-state index in [1.807, 2.05) is 67.8 Å². The van der Waals surface area contributed by atoms with E-state index in [4.69, 9.17) is 42.6 Å². The second kappa shape index (κ2) is 57.1. The molecule has 9 aromatic rings. The molecule has 0 radical (unpaired) electrons. The van der Waals surface area contributed by atoms with Crippen molar-refractivity contribution >= 4 is 23.1 Å². The first-order valence-electron chi connectivity index (χ1n) is 53.1. The molecule has 0 aliphatic heterocycles. The summed E-state index contributed by atoms with van der Waals surface area (Å²) in [5.74, 6) is 9.33. The number of hydrogen-bond acceptors (Lipinski definition) is 12. The fourth-order valence-corrected chi connectivity index (χ4v) is 16.5. The average molecular weight is 1940 g/mol. The third kappa shape index (κ3) is 43.8. The summed E-state index contributed by atoms with van der Waals surface area (Å²) in [6, 6.07) is 62.0. The summed E-state index contributed by atoms with van der Waals surface area (Å²) in [5.41, 5.74) is 21.4. The van der Waals surface area contributed by atoms with Gasteiger partial charge in [0.15, 0.2) is 0 Å². The molecule has 12 nitrogen and oxygen atoms in total. The van der Waals surface area contributed by atoms with Crippen LogP contribution in [0.2, 0.25) is 0 Å². The van der Waals surface area contributed by atoms with Crippen LogP contribution in [0.5, 0.6) is 51.7 Å². The second-order valence-electron chi connectivity index (χ2n) is 47.9. The summed E-state index contributed by atoms with van der Waals surface area (Å²) in [5, 5.41) is 0. The fraction of sp³-hybridized carbons (Fsp3) is 0.566. The number of hydrogen-bond donors (Lipinski definition) is 0. The molecule has 3 aliphatic rings. The second-order valence-corrected chi connectivity index (χ2v) is 47.9. The molecular formula is C129H199N3O9. The molecule has 3 saturated carbocycles. The van der Waals surface area contributed by atoms with E-state index >= 15 is 0 Å². The topological polar surface area (TPSA) is 92.8 Å². The molecular weight excluding hydrogens is 1740 g/mol. The third-order valence-electron chi connectivity index (χ3n) is 24.5. The highest BCUT2D eigenvalue weighted by molar-refractivity contribution is 5.59. The van der Waals surface area contributed by atoms with E-state index in [9.17, 15) is 0 Å². The maximum absolute atomic E-state index is 6.30. The van der Waals surface area contributed by atoms with Gasteiger partial charge in [-0.3, -0.25) is 0 Å². The summed E-state index contributed by atoms with van der Waals surface area (Å²) in [6.45, 7) is 84.9. The lowest BCUT2D eigenvalue weighted by Crippen LogP contribution is -2.19. The molecule has 3 aliphatic carbocycles. The molecule has 0 spiro atoms. The van der Waals surface area contributed by atoms with Crippen LogP contribution >= 0.6 is 0 Å². The molecule has 141 heavy (non-hydrogen) atoms. The van der Waals surface area contributed by atoms with Gasteiger partial charge < -0.3 is 57.3 Å². The highest BCUT2D eigenvalue weighted by Gasteiger charge is 2.31. The SMILES string of the molecule is CC(C)(C)c1ccccc1OC1CCCC1.CCC/C=C/c1ccc(C(C)(C)C)c(OCC)c1.CCOc1cc(C)ccc1C(C)(C)C.CCOc1cc(C)ccc1C(C)(C)C.CCOc1cc(C)ccc1C(C)(C)C.CCOc1cc(N(C)C)ccc1C(C)(C)C.CCOc1ccccc1C(C)(C)C.CN(C)c1ccc(C(C)(C)C)c(OC2CC2)c1.CN(C)c1ccc(C(C)(C)C)c(OC2CCCC2)c1. The summed E-state index contributed by atoms with van der Waals surface area (Å²) in [4.78, 5) is 6.34. The lowest BCUT2D eigenvalue weighted by Gasteiger charge is -2.26. The zero-order valence-electron chi connectivity index (χ0n) is 97.4. The maximum atomic E-state index is 6.30. The van der Waals surface area contributed by atoms with Gasteiger partial charge in [0.2, 0.25) is 0 Å². The van der Waals surface area contributed by atoms with Gasteiger partial charge in [-0.2, -0.15) is 0 Å². The number of anilines is 3. The highest BCUT2D eigenvalue weighted by Crippen LogP contribution is 2.44. The smallest absolute Gasteiger partial charge is 0.125 e. The Balaban J connectivity index is 0.000000332. The monoisotopic (exact) mass is 1930 g/mol. The van der Waals surface area contributed by atoms with Crippen molar-refractivity contribution in [1.29, 1.82) is 0 Å². The maximum Gasteiger partial charge on any atom is 0.125 e.